The molecule has 2 N–H and O–H groups in total. The summed E-state index contributed by atoms with van der Waals surface area (Å²) in [5.74, 6) is 1.07. The predicted molar refractivity (Wildman–Crippen MR) is 76.3 cm³/mol. The summed E-state index contributed by atoms with van der Waals surface area (Å²) in [6.07, 6.45) is 8.44. The SMILES string of the molecule is CC(C)CCCCC(=O)N(C)C1CCC(N)CC1. The molecule has 0 aromatic rings. The molecule has 1 aliphatic rings. The van der Waals surface area contributed by atoms with Crippen molar-refractivity contribution in [1.82, 2.24) is 4.90 Å². The van der Waals surface area contributed by atoms with E-state index in [9.17, 15) is 4.79 Å². The van der Waals surface area contributed by atoms with Crippen molar-refractivity contribution < 1.29 is 4.79 Å². The first-order valence-corrected chi connectivity index (χ1v) is 7.52. The van der Waals surface area contributed by atoms with Crippen LogP contribution in [0, 0.1) is 5.92 Å². The summed E-state index contributed by atoms with van der Waals surface area (Å²) < 4.78 is 0. The van der Waals surface area contributed by atoms with Gasteiger partial charge in [-0.3, -0.25) is 4.79 Å². The summed E-state index contributed by atoms with van der Waals surface area (Å²) >= 11 is 0. The van der Waals surface area contributed by atoms with Gasteiger partial charge in [0.1, 0.15) is 0 Å². The molecule has 0 bridgehead atoms. The Labute approximate surface area is 112 Å². The van der Waals surface area contributed by atoms with Gasteiger partial charge in [-0.15, -0.1) is 0 Å². The third-order valence-corrected chi connectivity index (χ3v) is 4.10. The second kappa shape index (κ2) is 7.78. The van der Waals surface area contributed by atoms with Crippen molar-refractivity contribution >= 4 is 5.91 Å². The van der Waals surface area contributed by atoms with Crippen LogP contribution >= 0.6 is 0 Å². The van der Waals surface area contributed by atoms with E-state index < -0.39 is 0 Å². The van der Waals surface area contributed by atoms with Crippen molar-refractivity contribution in [3.63, 3.8) is 0 Å². The zero-order chi connectivity index (χ0) is 13.5. The summed E-state index contributed by atoms with van der Waals surface area (Å²) in [6.45, 7) is 4.47. The Morgan fingerprint density at radius 3 is 2.39 bits per heavy atom. The van der Waals surface area contributed by atoms with E-state index >= 15 is 0 Å². The molecule has 1 saturated carbocycles. The lowest BCUT2D eigenvalue weighted by atomic mass is 9.91. The predicted octanol–water partition coefficient (Wildman–Crippen LogP) is 2.93. The monoisotopic (exact) mass is 254 g/mol. The fraction of sp³-hybridized carbons (Fsp3) is 0.933. The second-order valence-electron chi connectivity index (χ2n) is 6.21. The van der Waals surface area contributed by atoms with E-state index in [-0.39, 0.29) is 0 Å². The maximum atomic E-state index is 12.1. The van der Waals surface area contributed by atoms with Gasteiger partial charge < -0.3 is 10.6 Å². The van der Waals surface area contributed by atoms with Crippen molar-refractivity contribution in [2.75, 3.05) is 7.05 Å². The van der Waals surface area contributed by atoms with Gasteiger partial charge in [0.05, 0.1) is 0 Å². The van der Waals surface area contributed by atoms with Crippen LogP contribution in [-0.2, 0) is 4.79 Å². The van der Waals surface area contributed by atoms with Gasteiger partial charge >= 0.3 is 0 Å². The van der Waals surface area contributed by atoms with Crippen molar-refractivity contribution in [3.8, 4) is 0 Å². The van der Waals surface area contributed by atoms with Gasteiger partial charge in [0.15, 0.2) is 0 Å². The molecule has 0 saturated heterocycles. The lowest BCUT2D eigenvalue weighted by molar-refractivity contribution is -0.132. The molecule has 0 aliphatic heterocycles. The molecular formula is C15H30N2O. The molecule has 1 amide bonds. The molecule has 0 heterocycles. The van der Waals surface area contributed by atoms with E-state index in [1.807, 2.05) is 11.9 Å². The smallest absolute Gasteiger partial charge is 0.222 e. The van der Waals surface area contributed by atoms with E-state index in [2.05, 4.69) is 13.8 Å². The second-order valence-corrected chi connectivity index (χ2v) is 6.21. The summed E-state index contributed by atoms with van der Waals surface area (Å²) in [5, 5.41) is 0. The van der Waals surface area contributed by atoms with E-state index in [0.29, 0.717) is 24.4 Å². The third-order valence-electron chi connectivity index (χ3n) is 4.10. The van der Waals surface area contributed by atoms with Crippen molar-refractivity contribution in [3.05, 3.63) is 0 Å². The molecule has 1 rings (SSSR count). The Bertz CT molecular complexity index is 245. The maximum Gasteiger partial charge on any atom is 0.222 e. The van der Waals surface area contributed by atoms with Gasteiger partial charge in [-0.2, -0.15) is 0 Å². The minimum atomic E-state index is 0.319. The molecule has 1 fully saturated rings. The molecule has 0 unspecified atom stereocenters. The number of amides is 1. The van der Waals surface area contributed by atoms with Gasteiger partial charge in [-0.25, -0.2) is 0 Å². The molecule has 106 valence electrons. The van der Waals surface area contributed by atoms with Crippen LogP contribution in [0.15, 0.2) is 0 Å². The first-order chi connectivity index (χ1) is 8.50. The van der Waals surface area contributed by atoms with Crippen LogP contribution in [0.1, 0.15) is 65.2 Å². The van der Waals surface area contributed by atoms with Crippen molar-refractivity contribution in [1.29, 1.82) is 0 Å². The Hall–Kier alpha value is -0.570. The van der Waals surface area contributed by atoms with Crippen molar-refractivity contribution in [2.45, 2.75) is 77.3 Å². The highest BCUT2D eigenvalue weighted by molar-refractivity contribution is 5.76. The topological polar surface area (TPSA) is 46.3 Å². The fourth-order valence-corrected chi connectivity index (χ4v) is 2.70. The highest BCUT2D eigenvalue weighted by Crippen LogP contribution is 2.22. The standard InChI is InChI=1S/C15H30N2O/c1-12(2)6-4-5-7-15(18)17(3)14-10-8-13(16)9-11-14/h12-14H,4-11,16H2,1-3H3. The van der Waals surface area contributed by atoms with Crippen LogP contribution in [0.4, 0.5) is 0 Å². The zero-order valence-corrected chi connectivity index (χ0v) is 12.3. The van der Waals surface area contributed by atoms with E-state index in [0.717, 1.165) is 38.0 Å². The number of rotatable bonds is 6. The minimum absolute atomic E-state index is 0.319. The summed E-state index contributed by atoms with van der Waals surface area (Å²) in [7, 11) is 1.96. The number of unbranched alkanes of at least 4 members (excludes halogenated alkanes) is 1. The average Bonchev–Trinajstić information content (AvgIpc) is 2.34. The number of nitrogens with zero attached hydrogens (tertiary/aromatic N) is 1. The van der Waals surface area contributed by atoms with Crippen LogP contribution in [0.2, 0.25) is 0 Å². The fourth-order valence-electron chi connectivity index (χ4n) is 2.70. The number of nitrogens with two attached hydrogens (primary N) is 1. The number of hydrogen-bond donors (Lipinski definition) is 1. The van der Waals surface area contributed by atoms with Gasteiger partial charge in [0.25, 0.3) is 0 Å². The average molecular weight is 254 g/mol. The van der Waals surface area contributed by atoms with Crippen LogP contribution in [0.5, 0.6) is 0 Å². The molecule has 3 nitrogen and oxygen atoms in total. The summed E-state index contributed by atoms with van der Waals surface area (Å²) in [6, 6.07) is 0.790. The lowest BCUT2D eigenvalue weighted by Crippen LogP contribution is -2.41. The van der Waals surface area contributed by atoms with Crippen molar-refractivity contribution in [2.24, 2.45) is 11.7 Å². The van der Waals surface area contributed by atoms with Gasteiger partial charge in [-0.1, -0.05) is 26.7 Å². The van der Waals surface area contributed by atoms with Crippen LogP contribution in [0.3, 0.4) is 0 Å². The Morgan fingerprint density at radius 2 is 1.83 bits per heavy atom. The van der Waals surface area contributed by atoms with Gasteiger partial charge in [-0.05, 0) is 38.0 Å². The highest BCUT2D eigenvalue weighted by atomic mass is 16.2. The quantitative estimate of drug-likeness (QED) is 0.741. The van der Waals surface area contributed by atoms with E-state index in [1.165, 1.54) is 12.8 Å². The van der Waals surface area contributed by atoms with Crippen LogP contribution in [-0.4, -0.2) is 29.9 Å². The molecule has 3 heteroatoms. The molecule has 0 spiro atoms. The third kappa shape index (κ3) is 5.38. The van der Waals surface area contributed by atoms with Gasteiger partial charge in [0, 0.05) is 25.6 Å². The summed E-state index contributed by atoms with van der Waals surface area (Å²) in [4.78, 5) is 14.0. The largest absolute Gasteiger partial charge is 0.343 e. The summed E-state index contributed by atoms with van der Waals surface area (Å²) in [5.41, 5.74) is 5.90. The lowest BCUT2D eigenvalue weighted by Gasteiger charge is -2.33. The van der Waals surface area contributed by atoms with E-state index in [4.69, 9.17) is 5.73 Å². The molecule has 0 radical (unpaired) electrons. The normalized spacial score (nSPS) is 24.3. The number of carbonyl (C=O) groups is 1. The molecule has 18 heavy (non-hydrogen) atoms. The Balaban J connectivity index is 2.20. The highest BCUT2D eigenvalue weighted by Gasteiger charge is 2.24. The molecular weight excluding hydrogens is 224 g/mol. The molecule has 0 aromatic heterocycles. The van der Waals surface area contributed by atoms with Crippen LogP contribution in [0.25, 0.3) is 0 Å². The molecule has 1 aliphatic carbocycles. The maximum absolute atomic E-state index is 12.1. The Kier molecular flexibility index (Phi) is 6.69. The number of carbonyl (C=O) groups excluding carboxylic acids is 1. The minimum Gasteiger partial charge on any atom is -0.343 e. The zero-order valence-electron chi connectivity index (χ0n) is 12.3. The first kappa shape index (κ1) is 15.5. The van der Waals surface area contributed by atoms with Gasteiger partial charge in [0.2, 0.25) is 5.91 Å². The molecule has 0 aromatic carbocycles. The Morgan fingerprint density at radius 1 is 1.22 bits per heavy atom. The van der Waals surface area contributed by atoms with E-state index in [1.54, 1.807) is 0 Å². The molecule has 0 atom stereocenters. The number of hydrogen-bond acceptors (Lipinski definition) is 2. The van der Waals surface area contributed by atoms with Crippen LogP contribution < -0.4 is 5.73 Å². The first-order valence-electron chi connectivity index (χ1n) is 7.52.